The van der Waals surface area contributed by atoms with Gasteiger partial charge < -0.3 is 4.42 Å². The zero-order valence-corrected chi connectivity index (χ0v) is 19.4. The van der Waals surface area contributed by atoms with Crippen LogP contribution in [0, 0.1) is 0 Å². The van der Waals surface area contributed by atoms with E-state index in [2.05, 4.69) is 37.1 Å². The maximum absolute atomic E-state index is 6.08. The maximum atomic E-state index is 6.08. The van der Waals surface area contributed by atoms with E-state index in [-0.39, 0.29) is 5.25 Å². The normalized spacial score (nSPS) is 12.2. The molecular formula is C23H18ClN5OS2. The van der Waals surface area contributed by atoms with E-state index in [1.54, 1.807) is 23.1 Å². The molecule has 0 bridgehead atoms. The molecule has 0 radical (unpaired) electrons. The van der Waals surface area contributed by atoms with Gasteiger partial charge in [0.05, 0.1) is 16.7 Å². The van der Waals surface area contributed by atoms with Crippen molar-refractivity contribution in [2.45, 2.75) is 23.9 Å². The smallest absolute Gasteiger partial charge is 0.257 e. The molecule has 2 aromatic carbocycles. The lowest BCUT2D eigenvalue weighted by Crippen LogP contribution is -2.05. The summed E-state index contributed by atoms with van der Waals surface area (Å²) in [6.07, 6.45) is 0. The Labute approximate surface area is 198 Å². The van der Waals surface area contributed by atoms with Gasteiger partial charge in [-0.2, -0.15) is 0 Å². The van der Waals surface area contributed by atoms with E-state index < -0.39 is 0 Å². The molecule has 9 heteroatoms. The van der Waals surface area contributed by atoms with Crippen molar-refractivity contribution in [1.29, 1.82) is 0 Å². The number of hydrogen-bond donors (Lipinski definition) is 0. The second kappa shape index (κ2) is 9.28. The fourth-order valence-electron chi connectivity index (χ4n) is 3.20. The highest BCUT2D eigenvalue weighted by Crippen LogP contribution is 2.36. The van der Waals surface area contributed by atoms with Crippen molar-refractivity contribution in [3.05, 3.63) is 88.6 Å². The van der Waals surface area contributed by atoms with Gasteiger partial charge in [-0.1, -0.05) is 59.8 Å². The average molecular weight is 480 g/mol. The van der Waals surface area contributed by atoms with Crippen molar-refractivity contribution >= 4 is 34.7 Å². The fourth-order valence-corrected chi connectivity index (χ4v) is 4.85. The minimum atomic E-state index is -0.0898. The van der Waals surface area contributed by atoms with Crippen LogP contribution in [0.25, 0.3) is 22.2 Å². The van der Waals surface area contributed by atoms with Crippen molar-refractivity contribution in [3.63, 3.8) is 0 Å². The molecule has 0 spiro atoms. The van der Waals surface area contributed by atoms with E-state index in [0.717, 1.165) is 27.0 Å². The molecule has 0 aliphatic carbocycles. The standard InChI is InChI=1S/C23H18ClN5OS2/c1-15(21-26-27-22(30-21)19-8-5-13-31-19)32-23-28-25-20(17-9-11-18(24)12-10-17)29(23)14-16-6-3-2-4-7-16/h2-13,15H,14H2,1H3. The van der Waals surface area contributed by atoms with Crippen molar-refractivity contribution in [2.75, 3.05) is 0 Å². The molecule has 0 aliphatic heterocycles. The molecule has 160 valence electrons. The lowest BCUT2D eigenvalue weighted by atomic mass is 10.2. The number of rotatable bonds is 7. The minimum Gasteiger partial charge on any atom is -0.419 e. The molecule has 3 heterocycles. The third-order valence-corrected chi connectivity index (χ3v) is 6.98. The van der Waals surface area contributed by atoms with Crippen LogP contribution < -0.4 is 0 Å². The quantitative estimate of drug-likeness (QED) is 0.244. The molecule has 0 saturated carbocycles. The molecule has 5 rings (SSSR count). The van der Waals surface area contributed by atoms with Gasteiger partial charge in [-0.25, -0.2) is 0 Å². The molecule has 5 aromatic rings. The number of aromatic nitrogens is 5. The first-order valence-corrected chi connectivity index (χ1v) is 12.1. The van der Waals surface area contributed by atoms with E-state index in [4.69, 9.17) is 16.0 Å². The largest absolute Gasteiger partial charge is 0.419 e. The Morgan fingerprint density at radius 1 is 0.969 bits per heavy atom. The van der Waals surface area contributed by atoms with E-state index in [1.807, 2.05) is 66.9 Å². The Morgan fingerprint density at radius 2 is 1.78 bits per heavy atom. The first kappa shape index (κ1) is 20.9. The summed E-state index contributed by atoms with van der Waals surface area (Å²) in [5, 5.41) is 20.8. The van der Waals surface area contributed by atoms with Gasteiger partial charge in [-0.15, -0.1) is 31.7 Å². The van der Waals surface area contributed by atoms with Gasteiger partial charge in [-0.05, 0) is 48.2 Å². The first-order valence-electron chi connectivity index (χ1n) is 9.94. The summed E-state index contributed by atoms with van der Waals surface area (Å²) in [6.45, 7) is 2.67. The molecule has 0 N–H and O–H groups in total. The molecule has 0 aliphatic rings. The van der Waals surface area contributed by atoms with Crippen LogP contribution in [0.3, 0.4) is 0 Å². The predicted molar refractivity (Wildman–Crippen MR) is 128 cm³/mol. The van der Waals surface area contributed by atoms with Crippen molar-refractivity contribution in [1.82, 2.24) is 25.0 Å². The van der Waals surface area contributed by atoms with Gasteiger partial charge in [0.15, 0.2) is 11.0 Å². The van der Waals surface area contributed by atoms with Crippen molar-refractivity contribution < 1.29 is 4.42 Å². The fraction of sp³-hybridized carbons (Fsp3) is 0.130. The highest BCUT2D eigenvalue weighted by molar-refractivity contribution is 7.99. The topological polar surface area (TPSA) is 69.6 Å². The van der Waals surface area contributed by atoms with Crippen LogP contribution >= 0.6 is 34.7 Å². The Balaban J connectivity index is 1.45. The summed E-state index contributed by atoms with van der Waals surface area (Å²) in [6, 6.07) is 21.8. The summed E-state index contributed by atoms with van der Waals surface area (Å²) in [7, 11) is 0. The van der Waals surface area contributed by atoms with Crippen LogP contribution in [0.5, 0.6) is 0 Å². The summed E-state index contributed by atoms with van der Waals surface area (Å²) >= 11 is 9.19. The minimum absolute atomic E-state index is 0.0898. The van der Waals surface area contributed by atoms with Crippen LogP contribution in [-0.2, 0) is 6.54 Å². The van der Waals surface area contributed by atoms with Crippen LogP contribution in [0.2, 0.25) is 5.02 Å². The molecule has 32 heavy (non-hydrogen) atoms. The van der Waals surface area contributed by atoms with Gasteiger partial charge in [-0.3, -0.25) is 4.57 Å². The average Bonchev–Trinajstić information content (AvgIpc) is 3.57. The zero-order chi connectivity index (χ0) is 21.9. The summed E-state index contributed by atoms with van der Waals surface area (Å²) in [5.41, 5.74) is 2.12. The number of hydrogen-bond acceptors (Lipinski definition) is 7. The van der Waals surface area contributed by atoms with Gasteiger partial charge in [0.2, 0.25) is 5.89 Å². The second-order valence-corrected chi connectivity index (χ2v) is 9.76. The Bertz CT molecular complexity index is 1300. The van der Waals surface area contributed by atoms with Gasteiger partial charge >= 0.3 is 0 Å². The number of nitrogens with zero attached hydrogens (tertiary/aromatic N) is 5. The summed E-state index contributed by atoms with van der Waals surface area (Å²) < 4.78 is 8.03. The predicted octanol–water partition coefficient (Wildman–Crippen LogP) is 6.61. The Kier molecular flexibility index (Phi) is 6.07. The molecule has 1 atom stereocenters. The monoisotopic (exact) mass is 479 g/mol. The van der Waals surface area contributed by atoms with Crippen LogP contribution in [0.15, 0.2) is 81.7 Å². The summed E-state index contributed by atoms with van der Waals surface area (Å²) in [4.78, 5) is 0.957. The Morgan fingerprint density at radius 3 is 2.53 bits per heavy atom. The number of halogens is 1. The lowest BCUT2D eigenvalue weighted by Gasteiger charge is -2.12. The van der Waals surface area contributed by atoms with Gasteiger partial charge in [0, 0.05) is 10.6 Å². The molecule has 0 fully saturated rings. The molecule has 3 aromatic heterocycles. The maximum Gasteiger partial charge on any atom is 0.257 e. The van der Waals surface area contributed by atoms with E-state index in [0.29, 0.717) is 23.3 Å². The zero-order valence-electron chi connectivity index (χ0n) is 17.1. The van der Waals surface area contributed by atoms with E-state index in [9.17, 15) is 0 Å². The molecule has 0 saturated heterocycles. The molecule has 1 unspecified atom stereocenters. The molecule has 6 nitrogen and oxygen atoms in total. The molecule has 0 amide bonds. The second-order valence-electron chi connectivity index (χ2n) is 7.07. The highest BCUT2D eigenvalue weighted by Gasteiger charge is 2.22. The number of benzene rings is 2. The highest BCUT2D eigenvalue weighted by atomic mass is 35.5. The lowest BCUT2D eigenvalue weighted by molar-refractivity contribution is 0.509. The first-order chi connectivity index (χ1) is 15.7. The van der Waals surface area contributed by atoms with Crippen molar-refractivity contribution in [3.8, 4) is 22.2 Å². The van der Waals surface area contributed by atoms with E-state index >= 15 is 0 Å². The van der Waals surface area contributed by atoms with Gasteiger partial charge in [0.25, 0.3) is 5.89 Å². The number of thiophene rings is 1. The SMILES string of the molecule is CC(Sc1nnc(-c2ccc(Cl)cc2)n1Cc1ccccc1)c1nnc(-c2cccs2)o1. The third-order valence-electron chi connectivity index (χ3n) is 4.81. The van der Waals surface area contributed by atoms with Crippen LogP contribution in [-0.4, -0.2) is 25.0 Å². The molecular weight excluding hydrogens is 462 g/mol. The van der Waals surface area contributed by atoms with Crippen LogP contribution in [0.4, 0.5) is 0 Å². The number of thioether (sulfide) groups is 1. The van der Waals surface area contributed by atoms with Crippen molar-refractivity contribution in [2.24, 2.45) is 0 Å². The summed E-state index contributed by atoms with van der Waals surface area (Å²) in [5.74, 6) is 1.88. The third kappa shape index (κ3) is 4.48. The Hall–Kier alpha value is -2.94. The van der Waals surface area contributed by atoms with E-state index in [1.165, 1.54) is 0 Å². The van der Waals surface area contributed by atoms with Crippen LogP contribution in [0.1, 0.15) is 23.6 Å². The van der Waals surface area contributed by atoms with Gasteiger partial charge in [0.1, 0.15) is 0 Å².